The van der Waals surface area contributed by atoms with E-state index in [2.05, 4.69) is 21.2 Å². The van der Waals surface area contributed by atoms with Crippen molar-refractivity contribution in [3.63, 3.8) is 0 Å². The van der Waals surface area contributed by atoms with Crippen molar-refractivity contribution in [2.24, 2.45) is 5.92 Å². The molecule has 0 unspecified atom stereocenters. The highest BCUT2D eigenvalue weighted by atomic mass is 35.5. The lowest BCUT2D eigenvalue weighted by Crippen LogP contribution is -2.57. The summed E-state index contributed by atoms with van der Waals surface area (Å²) >= 11 is 5.29. The number of carbonyl (C=O) groups is 4. The fourth-order valence-corrected chi connectivity index (χ4v) is 4.72. The maximum absolute atomic E-state index is 13.5. The number of carbonyl (C=O) groups excluding carboxylic acids is 4. The number of hydrogen-bond acceptors (Lipinski definition) is 6. The second-order valence-corrected chi connectivity index (χ2v) is 14.5. The van der Waals surface area contributed by atoms with Crippen molar-refractivity contribution in [3.8, 4) is 0 Å². The molecule has 0 bridgehead atoms. The molecule has 1 aliphatic rings. The molecule has 1 aromatic heterocycles. The van der Waals surface area contributed by atoms with E-state index in [1.165, 1.54) is 6.07 Å². The average molecular weight is 476 g/mol. The van der Waals surface area contributed by atoms with E-state index in [-0.39, 0.29) is 18.1 Å². The number of aromatic nitrogens is 1. The summed E-state index contributed by atoms with van der Waals surface area (Å²) in [4.78, 5) is 49.5. The first-order chi connectivity index (χ1) is 14.4. The third-order valence-electron chi connectivity index (χ3n) is 4.56. The number of nitrogens with zero attached hydrogens (tertiary/aromatic N) is 2. The maximum Gasteiger partial charge on any atom is 0.291 e. The monoisotopic (exact) mass is 475 g/mol. The third-order valence-corrected chi connectivity index (χ3v) is 6.38. The number of nitrogens with one attached hydrogen (secondary N) is 3. The Labute approximate surface area is 185 Å². The first kappa shape index (κ1) is 24.8. The SMILES string of the molecule is Cc1cc(C(=O)N[C@@H](C[Si](C)(C)C)C(=O)NN(C[C@@H]2CCNC2=O)C(=O)[C@H](F)Cl)no1. The van der Waals surface area contributed by atoms with E-state index in [1.54, 1.807) is 6.92 Å². The van der Waals surface area contributed by atoms with Crippen molar-refractivity contribution in [2.45, 2.75) is 50.7 Å². The topological polar surface area (TPSA) is 134 Å². The van der Waals surface area contributed by atoms with E-state index in [1.807, 2.05) is 19.6 Å². The number of hydrazine groups is 1. The largest absolute Gasteiger partial charge is 0.361 e. The quantitative estimate of drug-likeness (QED) is 0.291. The van der Waals surface area contributed by atoms with Gasteiger partial charge in [0.25, 0.3) is 23.4 Å². The fraction of sp³-hybridized carbons (Fsp3) is 0.611. The van der Waals surface area contributed by atoms with Gasteiger partial charge in [-0.2, -0.15) is 0 Å². The Kier molecular flexibility index (Phi) is 8.18. The molecule has 0 radical (unpaired) electrons. The third kappa shape index (κ3) is 7.31. The smallest absolute Gasteiger partial charge is 0.291 e. The summed E-state index contributed by atoms with van der Waals surface area (Å²) in [5, 5.41) is 9.55. The first-order valence-corrected chi connectivity index (χ1v) is 13.9. The van der Waals surface area contributed by atoms with Crippen molar-refractivity contribution in [1.82, 2.24) is 26.2 Å². The van der Waals surface area contributed by atoms with E-state index < -0.39 is 43.4 Å². The summed E-state index contributed by atoms with van der Waals surface area (Å²) in [5.74, 6) is -3.02. The summed E-state index contributed by atoms with van der Waals surface area (Å²) in [6, 6.07) is 0.749. The van der Waals surface area contributed by atoms with Crippen LogP contribution in [0.25, 0.3) is 0 Å². The maximum atomic E-state index is 13.5. The highest BCUT2D eigenvalue weighted by molar-refractivity contribution is 6.76. The van der Waals surface area contributed by atoms with Crippen molar-refractivity contribution >= 4 is 43.3 Å². The van der Waals surface area contributed by atoms with Crippen LogP contribution in [-0.4, -0.2) is 66.6 Å². The van der Waals surface area contributed by atoms with Crippen LogP contribution in [0.1, 0.15) is 22.7 Å². The molecule has 0 aromatic carbocycles. The van der Waals surface area contributed by atoms with E-state index in [9.17, 15) is 23.6 Å². The molecule has 2 rings (SSSR count). The molecule has 1 fully saturated rings. The van der Waals surface area contributed by atoms with Gasteiger partial charge in [0.1, 0.15) is 11.8 Å². The van der Waals surface area contributed by atoms with Gasteiger partial charge in [-0.1, -0.05) is 36.4 Å². The molecular weight excluding hydrogens is 449 g/mol. The number of alkyl halides is 2. The number of halogens is 2. The molecule has 10 nitrogen and oxygen atoms in total. The zero-order chi connectivity index (χ0) is 23.3. The van der Waals surface area contributed by atoms with Gasteiger partial charge in [-0.3, -0.25) is 24.6 Å². The lowest BCUT2D eigenvalue weighted by atomic mass is 10.1. The van der Waals surface area contributed by atoms with E-state index in [4.69, 9.17) is 16.1 Å². The van der Waals surface area contributed by atoms with Gasteiger partial charge >= 0.3 is 0 Å². The molecular formula is C18H27ClFN5O5Si. The molecule has 31 heavy (non-hydrogen) atoms. The summed E-state index contributed by atoms with van der Waals surface area (Å²) in [6.07, 6.45) is 0.429. The Bertz CT molecular complexity index is 844. The van der Waals surface area contributed by atoms with Crippen LogP contribution in [0.15, 0.2) is 10.6 Å². The molecule has 1 aliphatic heterocycles. The molecule has 3 atom stereocenters. The highest BCUT2D eigenvalue weighted by Gasteiger charge is 2.35. The second-order valence-electron chi connectivity index (χ2n) is 8.62. The molecule has 4 amide bonds. The highest BCUT2D eigenvalue weighted by Crippen LogP contribution is 2.15. The minimum atomic E-state index is -2.40. The predicted molar refractivity (Wildman–Crippen MR) is 112 cm³/mol. The van der Waals surface area contributed by atoms with Crippen LogP contribution in [0.2, 0.25) is 25.7 Å². The Balaban J connectivity index is 2.17. The van der Waals surface area contributed by atoms with Gasteiger partial charge in [0, 0.05) is 20.7 Å². The van der Waals surface area contributed by atoms with Crippen LogP contribution in [0.5, 0.6) is 0 Å². The Hall–Kier alpha value is -2.47. The Morgan fingerprint density at radius 2 is 2.10 bits per heavy atom. The van der Waals surface area contributed by atoms with Crippen molar-refractivity contribution in [3.05, 3.63) is 17.5 Å². The molecule has 13 heteroatoms. The van der Waals surface area contributed by atoms with Crippen molar-refractivity contribution in [1.29, 1.82) is 0 Å². The Morgan fingerprint density at radius 3 is 2.58 bits per heavy atom. The van der Waals surface area contributed by atoms with Crippen LogP contribution in [0, 0.1) is 12.8 Å². The standard InChI is InChI=1S/C18H27ClFN5O5Si/c1-10-7-12(24-30-10)16(27)22-13(9-31(2,3)4)17(28)23-25(18(29)14(19)20)8-11-5-6-21-15(11)26/h7,11,13-14H,5-6,8-9H2,1-4H3,(H,21,26)(H,22,27)(H,23,28)/t11-,13-,14-/m0/s1. The summed E-state index contributed by atoms with van der Waals surface area (Å²) in [6.45, 7) is 7.81. The van der Waals surface area contributed by atoms with Gasteiger partial charge in [0.2, 0.25) is 5.91 Å². The van der Waals surface area contributed by atoms with Crippen LogP contribution in [0.3, 0.4) is 0 Å². The molecule has 2 heterocycles. The molecule has 0 aliphatic carbocycles. The normalized spacial score (nSPS) is 18.1. The van der Waals surface area contributed by atoms with Gasteiger partial charge in [-0.15, -0.1) is 0 Å². The lowest BCUT2D eigenvalue weighted by molar-refractivity contribution is -0.145. The first-order valence-electron chi connectivity index (χ1n) is 9.79. The van der Waals surface area contributed by atoms with Crippen LogP contribution >= 0.6 is 11.6 Å². The van der Waals surface area contributed by atoms with Gasteiger partial charge in [-0.05, 0) is 19.4 Å². The van der Waals surface area contributed by atoms with Crippen molar-refractivity contribution < 1.29 is 28.1 Å². The Morgan fingerprint density at radius 1 is 1.42 bits per heavy atom. The van der Waals surface area contributed by atoms with E-state index in [0.717, 1.165) is 0 Å². The summed E-state index contributed by atoms with van der Waals surface area (Å²) < 4.78 is 18.4. The number of amides is 4. The van der Waals surface area contributed by atoms with E-state index >= 15 is 0 Å². The molecule has 3 N–H and O–H groups in total. The molecule has 0 saturated carbocycles. The van der Waals surface area contributed by atoms with Crippen LogP contribution < -0.4 is 16.1 Å². The lowest BCUT2D eigenvalue weighted by Gasteiger charge is -2.29. The molecule has 0 spiro atoms. The zero-order valence-corrected chi connectivity index (χ0v) is 19.6. The molecule has 1 saturated heterocycles. The minimum Gasteiger partial charge on any atom is -0.361 e. The molecule has 1 aromatic rings. The number of rotatable bonds is 8. The average Bonchev–Trinajstić information content (AvgIpc) is 3.27. The zero-order valence-electron chi connectivity index (χ0n) is 17.8. The molecule has 172 valence electrons. The van der Waals surface area contributed by atoms with Gasteiger partial charge < -0.3 is 15.2 Å². The second kappa shape index (κ2) is 10.2. The number of hydrogen-bond donors (Lipinski definition) is 3. The predicted octanol–water partition coefficient (Wildman–Crippen LogP) is 0.950. The van der Waals surface area contributed by atoms with Gasteiger partial charge in [0.15, 0.2) is 5.69 Å². The summed E-state index contributed by atoms with van der Waals surface area (Å²) in [7, 11) is -1.88. The fourth-order valence-electron chi connectivity index (χ4n) is 3.09. The van der Waals surface area contributed by atoms with Crippen LogP contribution in [-0.2, 0) is 14.4 Å². The van der Waals surface area contributed by atoms with Crippen molar-refractivity contribution in [2.75, 3.05) is 13.1 Å². The van der Waals surface area contributed by atoms with Crippen LogP contribution in [0.4, 0.5) is 4.39 Å². The minimum absolute atomic E-state index is 0.00557. The number of aryl methyl sites for hydroxylation is 1. The van der Waals surface area contributed by atoms with E-state index in [0.29, 0.717) is 29.8 Å². The van der Waals surface area contributed by atoms with Gasteiger partial charge in [0.05, 0.1) is 12.5 Å². The van der Waals surface area contributed by atoms with Gasteiger partial charge in [-0.25, -0.2) is 9.40 Å². The summed E-state index contributed by atoms with van der Waals surface area (Å²) in [5.41, 5.74) is -0.0555.